The first kappa shape index (κ1) is 25.4. The Balaban J connectivity index is 1.69. The lowest BCUT2D eigenvalue weighted by Gasteiger charge is -2.34. The Morgan fingerprint density at radius 2 is 1.85 bits per heavy atom. The minimum absolute atomic E-state index is 0.0439. The molecule has 6 nitrogen and oxygen atoms in total. The number of nitrogens with zero attached hydrogens (tertiary/aromatic N) is 2. The molecular formula is C25H31N3O3S2. The molecule has 1 aromatic heterocycles. The predicted molar refractivity (Wildman–Crippen MR) is 139 cm³/mol. The van der Waals surface area contributed by atoms with E-state index in [1.165, 1.54) is 16.5 Å². The molecule has 1 fully saturated rings. The number of hydrogen-bond acceptors (Lipinski definition) is 7. The van der Waals surface area contributed by atoms with Crippen LogP contribution in [0.15, 0.2) is 45.7 Å². The third-order valence-electron chi connectivity index (χ3n) is 5.90. The Morgan fingerprint density at radius 1 is 1.15 bits per heavy atom. The molecule has 1 unspecified atom stereocenters. The van der Waals surface area contributed by atoms with Crippen molar-refractivity contribution in [1.82, 2.24) is 9.80 Å². The molecule has 3 rings (SSSR count). The van der Waals surface area contributed by atoms with Crippen molar-refractivity contribution in [3.05, 3.63) is 52.6 Å². The lowest BCUT2D eigenvalue weighted by molar-refractivity contribution is -0.118. The van der Waals surface area contributed by atoms with Gasteiger partial charge in [-0.3, -0.25) is 14.5 Å². The maximum Gasteiger partial charge on any atom is 0.253 e. The molecule has 8 heteroatoms. The second-order valence-electron chi connectivity index (χ2n) is 8.10. The summed E-state index contributed by atoms with van der Waals surface area (Å²) in [6.07, 6.45) is 2.51. The molecule has 0 bridgehead atoms. The minimum atomic E-state index is -0.0677. The number of thiocarbonyl (C=S) groups is 1. The van der Waals surface area contributed by atoms with E-state index in [0.717, 1.165) is 31.6 Å². The van der Waals surface area contributed by atoms with Crippen molar-refractivity contribution in [1.29, 1.82) is 0 Å². The summed E-state index contributed by atoms with van der Waals surface area (Å²) in [5.74, 6) is 1.31. The van der Waals surface area contributed by atoms with E-state index < -0.39 is 0 Å². The van der Waals surface area contributed by atoms with Gasteiger partial charge in [0.25, 0.3) is 5.91 Å². The first-order chi connectivity index (χ1) is 16.0. The molecule has 1 atom stereocenters. The number of thioether (sulfide) groups is 1. The van der Waals surface area contributed by atoms with Crippen LogP contribution in [0.25, 0.3) is 17.4 Å². The lowest BCUT2D eigenvalue weighted by atomic mass is 10.0. The van der Waals surface area contributed by atoms with Gasteiger partial charge in [0.2, 0.25) is 0 Å². The number of nitrogens with two attached hydrogens (primary N) is 1. The Kier molecular flexibility index (Phi) is 9.43. The van der Waals surface area contributed by atoms with Crippen molar-refractivity contribution in [3.63, 3.8) is 0 Å². The van der Waals surface area contributed by atoms with E-state index in [-0.39, 0.29) is 17.6 Å². The monoisotopic (exact) mass is 485 g/mol. The standard InChI is InChI=1S/C25H31N3O3S2/c1-3-18(2)24(29)23(33-17-32)16-21-8-9-22(31-21)19-4-6-20(7-5-19)25(30)28-14-12-27(11-10-26)13-15-28/h4-9,16-18H,3,10-15,26H2,1-2H3. The van der Waals surface area contributed by atoms with E-state index in [9.17, 15) is 9.59 Å². The highest BCUT2D eigenvalue weighted by molar-refractivity contribution is 8.24. The van der Waals surface area contributed by atoms with E-state index in [2.05, 4.69) is 4.90 Å². The van der Waals surface area contributed by atoms with Crippen LogP contribution in [0.2, 0.25) is 0 Å². The third kappa shape index (κ3) is 6.63. The number of rotatable bonds is 10. The zero-order chi connectivity index (χ0) is 23.8. The highest BCUT2D eigenvalue weighted by Gasteiger charge is 2.22. The second kappa shape index (κ2) is 12.3. The molecule has 1 saturated heterocycles. The van der Waals surface area contributed by atoms with Gasteiger partial charge < -0.3 is 15.1 Å². The van der Waals surface area contributed by atoms with Crippen LogP contribution in [-0.4, -0.2) is 65.5 Å². The van der Waals surface area contributed by atoms with Crippen molar-refractivity contribution in [2.24, 2.45) is 11.7 Å². The van der Waals surface area contributed by atoms with E-state index in [1.807, 2.05) is 55.1 Å². The molecule has 2 heterocycles. The first-order valence-electron chi connectivity index (χ1n) is 11.2. The maximum atomic E-state index is 12.8. The van der Waals surface area contributed by atoms with Gasteiger partial charge >= 0.3 is 0 Å². The molecule has 1 aromatic carbocycles. The van der Waals surface area contributed by atoms with Gasteiger partial charge in [0.05, 0.1) is 4.91 Å². The zero-order valence-electron chi connectivity index (χ0n) is 19.2. The summed E-state index contributed by atoms with van der Waals surface area (Å²) in [7, 11) is 0. The molecule has 2 N–H and O–H groups in total. The number of allylic oxidation sites excluding steroid dienone is 1. The van der Waals surface area contributed by atoms with Crippen LogP contribution in [0.1, 0.15) is 36.4 Å². The van der Waals surface area contributed by atoms with Gasteiger partial charge in [-0.25, -0.2) is 0 Å². The fourth-order valence-electron chi connectivity index (χ4n) is 3.67. The predicted octanol–water partition coefficient (Wildman–Crippen LogP) is 4.31. The minimum Gasteiger partial charge on any atom is -0.457 e. The van der Waals surface area contributed by atoms with Crippen molar-refractivity contribution in [2.75, 3.05) is 39.3 Å². The lowest BCUT2D eigenvalue weighted by Crippen LogP contribution is -2.49. The highest BCUT2D eigenvalue weighted by Crippen LogP contribution is 2.27. The van der Waals surface area contributed by atoms with Gasteiger partial charge in [-0.2, -0.15) is 0 Å². The molecule has 1 amide bonds. The summed E-state index contributed by atoms with van der Waals surface area (Å²) in [6, 6.07) is 11.2. The summed E-state index contributed by atoms with van der Waals surface area (Å²) in [5.41, 5.74) is 7.16. The second-order valence-corrected chi connectivity index (χ2v) is 9.54. The van der Waals surface area contributed by atoms with Crippen LogP contribution in [0.5, 0.6) is 0 Å². The Hall–Kier alpha value is -2.26. The Morgan fingerprint density at radius 3 is 2.45 bits per heavy atom. The molecule has 0 aliphatic carbocycles. The molecule has 1 aliphatic rings. The van der Waals surface area contributed by atoms with Crippen LogP contribution in [0.4, 0.5) is 0 Å². The van der Waals surface area contributed by atoms with Crippen molar-refractivity contribution < 1.29 is 14.0 Å². The molecule has 0 saturated carbocycles. The molecular weight excluding hydrogens is 454 g/mol. The highest BCUT2D eigenvalue weighted by atomic mass is 32.2. The van der Waals surface area contributed by atoms with Gasteiger partial charge in [-0.05, 0) is 36.8 Å². The summed E-state index contributed by atoms with van der Waals surface area (Å²) >= 11 is 6.18. The van der Waals surface area contributed by atoms with Crippen LogP contribution < -0.4 is 5.73 Å². The molecule has 0 spiro atoms. The number of carbonyl (C=O) groups excluding carboxylic acids is 2. The fourth-order valence-corrected chi connectivity index (χ4v) is 4.59. The van der Waals surface area contributed by atoms with E-state index in [1.54, 1.807) is 6.08 Å². The van der Waals surface area contributed by atoms with Crippen LogP contribution in [0, 0.1) is 5.92 Å². The molecule has 33 heavy (non-hydrogen) atoms. The Labute approximate surface area is 205 Å². The SMILES string of the molecule is CCC(C)C(=O)C(=Cc1ccc(-c2ccc(C(=O)N3CCN(CCN)CC3)cc2)o1)SC=S. The average Bonchev–Trinajstić information content (AvgIpc) is 3.31. The van der Waals surface area contributed by atoms with Crippen LogP contribution >= 0.6 is 24.0 Å². The smallest absolute Gasteiger partial charge is 0.253 e. The van der Waals surface area contributed by atoms with Gasteiger partial charge in [0.1, 0.15) is 11.5 Å². The normalized spacial score (nSPS) is 16.0. The third-order valence-corrected chi connectivity index (χ3v) is 6.86. The van der Waals surface area contributed by atoms with Gasteiger partial charge in [-0.15, -0.1) is 0 Å². The maximum absolute atomic E-state index is 12.8. The quantitative estimate of drug-likeness (QED) is 0.397. The number of hydrogen-bond donors (Lipinski definition) is 1. The number of benzene rings is 1. The Bertz CT molecular complexity index is 993. The van der Waals surface area contributed by atoms with Gasteiger partial charge in [-0.1, -0.05) is 50.0 Å². The topological polar surface area (TPSA) is 79.8 Å². The van der Waals surface area contributed by atoms with Crippen LogP contribution in [0.3, 0.4) is 0 Å². The van der Waals surface area contributed by atoms with E-state index in [0.29, 0.717) is 41.6 Å². The van der Waals surface area contributed by atoms with E-state index in [4.69, 9.17) is 22.4 Å². The number of ketones is 1. The number of Topliss-reactive ketones (excluding diaryl/α,β-unsaturated/α-hetero) is 1. The summed E-state index contributed by atoms with van der Waals surface area (Å²) < 4.78 is 7.45. The molecule has 2 aromatic rings. The molecule has 0 radical (unpaired) electrons. The molecule has 176 valence electrons. The van der Waals surface area contributed by atoms with Gasteiger partial charge in [0.15, 0.2) is 5.78 Å². The van der Waals surface area contributed by atoms with E-state index >= 15 is 0 Å². The summed E-state index contributed by atoms with van der Waals surface area (Å²) in [4.78, 5) is 30.2. The number of piperazine rings is 1. The number of furan rings is 1. The van der Waals surface area contributed by atoms with Crippen molar-refractivity contribution >= 4 is 46.4 Å². The first-order valence-corrected chi connectivity index (χ1v) is 12.6. The number of amides is 1. The van der Waals surface area contributed by atoms with Gasteiger partial charge in [0, 0.05) is 61.0 Å². The van der Waals surface area contributed by atoms with Crippen molar-refractivity contribution in [2.45, 2.75) is 20.3 Å². The zero-order valence-corrected chi connectivity index (χ0v) is 20.8. The average molecular weight is 486 g/mol. The summed E-state index contributed by atoms with van der Waals surface area (Å²) in [5, 5.41) is 0. The molecule has 1 aliphatic heterocycles. The number of carbonyl (C=O) groups is 2. The fraction of sp³-hybridized carbons (Fsp3) is 0.400. The summed E-state index contributed by atoms with van der Waals surface area (Å²) in [6.45, 7) is 8.55. The largest absolute Gasteiger partial charge is 0.457 e. The van der Waals surface area contributed by atoms with Crippen LogP contribution in [-0.2, 0) is 4.79 Å². The van der Waals surface area contributed by atoms with Crippen molar-refractivity contribution in [3.8, 4) is 11.3 Å².